The molecule has 1 aromatic heterocycles. The number of aromatic amines is 1. The van der Waals surface area contributed by atoms with Gasteiger partial charge in [-0.25, -0.2) is 4.39 Å². The number of H-pyrrole nitrogens is 1. The van der Waals surface area contributed by atoms with Crippen molar-refractivity contribution in [1.82, 2.24) is 15.1 Å². The van der Waals surface area contributed by atoms with Crippen LogP contribution in [0.3, 0.4) is 0 Å². The average molecular weight is 275 g/mol. The van der Waals surface area contributed by atoms with Crippen LogP contribution < -0.4 is 4.74 Å². The Bertz CT molecular complexity index is 654. The highest BCUT2D eigenvalue weighted by Gasteiger charge is 2.46. The third-order valence-electron chi connectivity index (χ3n) is 4.69. The fourth-order valence-electron chi connectivity index (χ4n) is 3.43. The van der Waals surface area contributed by atoms with Gasteiger partial charge in [0.2, 0.25) is 0 Å². The van der Waals surface area contributed by atoms with Crippen molar-refractivity contribution in [3.63, 3.8) is 0 Å². The maximum absolute atomic E-state index is 13.6. The summed E-state index contributed by atoms with van der Waals surface area (Å²) >= 11 is 0. The molecule has 1 saturated heterocycles. The Kier molecular flexibility index (Phi) is 2.70. The van der Waals surface area contributed by atoms with Gasteiger partial charge in [-0.3, -0.25) is 10.00 Å². The molecule has 0 bridgehead atoms. The Morgan fingerprint density at radius 2 is 2.40 bits per heavy atom. The standard InChI is InChI=1S/C15H18FN3O/c1-20-15-7-10-12(17-18-13(10)8-11(15)16)3-5-19-4-2-9-6-14(9)19/h7-9,14H,2-6H2,1H3,(H,17,18). The third kappa shape index (κ3) is 1.88. The van der Waals surface area contributed by atoms with E-state index in [0.717, 1.165) is 41.5 Å². The van der Waals surface area contributed by atoms with Gasteiger partial charge in [0.25, 0.3) is 0 Å². The Hall–Kier alpha value is -1.62. The molecule has 1 aliphatic heterocycles. The molecule has 2 heterocycles. The molecule has 106 valence electrons. The lowest BCUT2D eigenvalue weighted by Gasteiger charge is -2.16. The van der Waals surface area contributed by atoms with Gasteiger partial charge in [-0.15, -0.1) is 0 Å². The van der Waals surface area contributed by atoms with Crippen molar-refractivity contribution >= 4 is 10.9 Å². The first-order valence-corrected chi connectivity index (χ1v) is 7.21. The van der Waals surface area contributed by atoms with Crippen molar-refractivity contribution < 1.29 is 9.13 Å². The molecular weight excluding hydrogens is 257 g/mol. The van der Waals surface area contributed by atoms with E-state index in [9.17, 15) is 4.39 Å². The van der Waals surface area contributed by atoms with E-state index in [1.807, 2.05) is 0 Å². The fraction of sp³-hybridized carbons (Fsp3) is 0.533. The van der Waals surface area contributed by atoms with Gasteiger partial charge in [-0.05, 0) is 31.4 Å². The Morgan fingerprint density at radius 3 is 3.10 bits per heavy atom. The van der Waals surface area contributed by atoms with Crippen molar-refractivity contribution in [2.24, 2.45) is 5.92 Å². The number of nitrogens with zero attached hydrogens (tertiary/aromatic N) is 2. The molecule has 1 saturated carbocycles. The smallest absolute Gasteiger partial charge is 0.167 e. The zero-order valence-electron chi connectivity index (χ0n) is 11.5. The minimum atomic E-state index is -0.351. The topological polar surface area (TPSA) is 41.1 Å². The minimum Gasteiger partial charge on any atom is -0.494 e. The molecule has 2 aliphatic rings. The summed E-state index contributed by atoms with van der Waals surface area (Å²) in [6, 6.07) is 4.03. The van der Waals surface area contributed by atoms with E-state index in [1.54, 1.807) is 6.07 Å². The number of fused-ring (bicyclic) bond motifs is 2. The number of aromatic nitrogens is 2. The highest BCUT2D eigenvalue weighted by molar-refractivity contribution is 5.83. The van der Waals surface area contributed by atoms with Gasteiger partial charge < -0.3 is 4.74 Å². The quantitative estimate of drug-likeness (QED) is 0.931. The van der Waals surface area contributed by atoms with Crippen LogP contribution in [0.25, 0.3) is 10.9 Å². The molecule has 4 rings (SSSR count). The monoisotopic (exact) mass is 275 g/mol. The SMILES string of the molecule is COc1cc2c(CCN3CCC4CC43)n[nH]c2cc1F. The molecule has 5 heteroatoms. The van der Waals surface area contributed by atoms with Crippen LogP contribution in [0.4, 0.5) is 4.39 Å². The van der Waals surface area contributed by atoms with Gasteiger partial charge >= 0.3 is 0 Å². The molecule has 0 spiro atoms. The summed E-state index contributed by atoms with van der Waals surface area (Å²) < 4.78 is 18.7. The van der Waals surface area contributed by atoms with Crippen LogP contribution in [0.5, 0.6) is 5.75 Å². The third-order valence-corrected chi connectivity index (χ3v) is 4.69. The summed E-state index contributed by atoms with van der Waals surface area (Å²) in [5, 5.41) is 8.22. The Balaban J connectivity index is 1.56. The molecular formula is C15H18FN3O. The lowest BCUT2D eigenvalue weighted by Crippen LogP contribution is -2.25. The van der Waals surface area contributed by atoms with Gasteiger partial charge in [0.15, 0.2) is 11.6 Å². The van der Waals surface area contributed by atoms with Crippen LogP contribution in [-0.2, 0) is 6.42 Å². The minimum absolute atomic E-state index is 0.281. The molecule has 2 unspecified atom stereocenters. The summed E-state index contributed by atoms with van der Waals surface area (Å²) in [7, 11) is 1.49. The number of nitrogens with one attached hydrogen (secondary N) is 1. The van der Waals surface area contributed by atoms with Crippen LogP contribution >= 0.6 is 0 Å². The zero-order valence-corrected chi connectivity index (χ0v) is 11.5. The van der Waals surface area contributed by atoms with E-state index in [0.29, 0.717) is 0 Å². The van der Waals surface area contributed by atoms with Gasteiger partial charge in [0.1, 0.15) is 0 Å². The number of hydrogen-bond donors (Lipinski definition) is 1. The largest absolute Gasteiger partial charge is 0.494 e. The van der Waals surface area contributed by atoms with Crippen molar-refractivity contribution in [1.29, 1.82) is 0 Å². The molecule has 4 nitrogen and oxygen atoms in total. The second-order valence-electron chi connectivity index (χ2n) is 5.84. The van der Waals surface area contributed by atoms with Crippen LogP contribution in [-0.4, -0.2) is 41.3 Å². The Labute approximate surface area is 116 Å². The maximum atomic E-state index is 13.6. The summed E-state index contributed by atoms with van der Waals surface area (Å²) in [4.78, 5) is 2.56. The van der Waals surface area contributed by atoms with Crippen molar-refractivity contribution in [2.45, 2.75) is 25.3 Å². The first-order chi connectivity index (χ1) is 9.76. The predicted octanol–water partition coefficient (Wildman–Crippen LogP) is 2.35. The van der Waals surface area contributed by atoms with Crippen LogP contribution in [0.2, 0.25) is 0 Å². The highest BCUT2D eigenvalue weighted by Crippen LogP contribution is 2.44. The number of ether oxygens (including phenoxy) is 1. The molecule has 2 aromatic rings. The second kappa shape index (κ2) is 4.45. The van der Waals surface area contributed by atoms with Crippen molar-refractivity contribution in [3.05, 3.63) is 23.6 Å². The number of hydrogen-bond acceptors (Lipinski definition) is 3. The molecule has 0 amide bonds. The first-order valence-electron chi connectivity index (χ1n) is 7.21. The van der Waals surface area contributed by atoms with Crippen molar-refractivity contribution in [3.8, 4) is 5.75 Å². The van der Waals surface area contributed by atoms with E-state index >= 15 is 0 Å². The fourth-order valence-corrected chi connectivity index (χ4v) is 3.43. The molecule has 1 aliphatic carbocycles. The second-order valence-corrected chi connectivity index (χ2v) is 5.84. The van der Waals surface area contributed by atoms with Crippen molar-refractivity contribution in [2.75, 3.05) is 20.2 Å². The molecule has 2 fully saturated rings. The van der Waals surface area contributed by atoms with Gasteiger partial charge in [-0.2, -0.15) is 5.10 Å². The maximum Gasteiger partial charge on any atom is 0.167 e. The van der Waals surface area contributed by atoms with Crippen LogP contribution in [0, 0.1) is 11.7 Å². The highest BCUT2D eigenvalue weighted by atomic mass is 19.1. The van der Waals surface area contributed by atoms with E-state index in [4.69, 9.17) is 4.74 Å². The number of likely N-dealkylation sites (tertiary alicyclic amines) is 1. The van der Waals surface area contributed by atoms with E-state index in [-0.39, 0.29) is 11.6 Å². The number of benzene rings is 1. The number of halogens is 1. The van der Waals surface area contributed by atoms with E-state index < -0.39 is 0 Å². The molecule has 1 aromatic carbocycles. The normalized spacial score (nSPS) is 25.1. The number of rotatable bonds is 4. The van der Waals surface area contributed by atoms with Crippen LogP contribution in [0.15, 0.2) is 12.1 Å². The van der Waals surface area contributed by atoms with E-state index in [2.05, 4.69) is 15.1 Å². The summed E-state index contributed by atoms with van der Waals surface area (Å²) in [5.41, 5.74) is 1.74. The summed E-state index contributed by atoms with van der Waals surface area (Å²) in [6.45, 7) is 2.26. The molecule has 1 N–H and O–H groups in total. The number of methoxy groups -OCH3 is 1. The van der Waals surface area contributed by atoms with Gasteiger partial charge in [-0.1, -0.05) is 0 Å². The zero-order chi connectivity index (χ0) is 13.7. The summed E-state index contributed by atoms with van der Waals surface area (Å²) in [5.74, 6) is 0.888. The van der Waals surface area contributed by atoms with E-state index in [1.165, 1.54) is 32.6 Å². The van der Waals surface area contributed by atoms with Gasteiger partial charge in [0.05, 0.1) is 18.3 Å². The van der Waals surface area contributed by atoms with Gasteiger partial charge in [0, 0.05) is 30.5 Å². The molecule has 20 heavy (non-hydrogen) atoms. The summed E-state index contributed by atoms with van der Waals surface area (Å²) in [6.07, 6.45) is 3.63. The first kappa shape index (κ1) is 12.1. The lowest BCUT2D eigenvalue weighted by molar-refractivity contribution is 0.303. The lowest BCUT2D eigenvalue weighted by atomic mass is 10.1. The molecule has 0 radical (unpaired) electrons. The Morgan fingerprint density at radius 1 is 1.50 bits per heavy atom. The predicted molar refractivity (Wildman–Crippen MR) is 74.4 cm³/mol. The average Bonchev–Trinajstić information content (AvgIpc) is 2.97. The molecule has 2 atom stereocenters. The number of piperidine rings is 1. The van der Waals surface area contributed by atoms with Crippen LogP contribution in [0.1, 0.15) is 18.5 Å².